The molecule has 2 aromatic carbocycles. The molecule has 1 aliphatic carbocycles. The number of aromatic amines is 1. The first-order valence-electron chi connectivity index (χ1n) is 11.9. The number of benzene rings is 2. The summed E-state index contributed by atoms with van der Waals surface area (Å²) < 4.78 is 5.74. The zero-order chi connectivity index (χ0) is 23.9. The van der Waals surface area contributed by atoms with E-state index in [9.17, 15) is 4.79 Å². The summed E-state index contributed by atoms with van der Waals surface area (Å²) in [7, 11) is 0. The van der Waals surface area contributed by atoms with Gasteiger partial charge in [-0.05, 0) is 60.7 Å². The number of nitrogens with one attached hydrogen (secondary N) is 1. The zero-order valence-corrected chi connectivity index (χ0v) is 20.5. The molecule has 5 nitrogen and oxygen atoms in total. The third kappa shape index (κ3) is 6.56. The number of nitrogens with zero attached hydrogens (tertiary/aromatic N) is 2. The van der Waals surface area contributed by atoms with Crippen LogP contribution in [0.1, 0.15) is 57.1 Å². The highest BCUT2D eigenvalue weighted by Crippen LogP contribution is 2.27. The molecule has 0 aliphatic heterocycles. The van der Waals surface area contributed by atoms with Gasteiger partial charge in [-0.1, -0.05) is 62.6 Å². The van der Waals surface area contributed by atoms with Crippen molar-refractivity contribution in [2.24, 2.45) is 11.8 Å². The van der Waals surface area contributed by atoms with Gasteiger partial charge in [0, 0.05) is 29.2 Å². The molecule has 0 radical (unpaired) electrons. The summed E-state index contributed by atoms with van der Waals surface area (Å²) >= 11 is 6.45. The average molecular weight is 476 g/mol. The fourth-order valence-electron chi connectivity index (χ4n) is 4.03. The van der Waals surface area contributed by atoms with Gasteiger partial charge < -0.3 is 4.74 Å². The molecular formula is C28H30ClN3O2. The number of H-pyrrole nitrogens is 1. The van der Waals surface area contributed by atoms with Crippen molar-refractivity contribution in [3.63, 3.8) is 0 Å². The minimum atomic E-state index is -0.473. The summed E-state index contributed by atoms with van der Waals surface area (Å²) in [6.07, 6.45) is 6.27. The maximum Gasteiger partial charge on any atom is 0.348 e. The molecule has 0 saturated heterocycles. The number of rotatable bonds is 6. The topological polar surface area (TPSA) is 67.9 Å². The highest BCUT2D eigenvalue weighted by Gasteiger charge is 2.13. The van der Waals surface area contributed by atoms with Gasteiger partial charge in [-0.25, -0.2) is 9.78 Å². The van der Waals surface area contributed by atoms with Crippen molar-refractivity contribution in [2.75, 3.05) is 6.61 Å². The number of halogens is 1. The zero-order valence-electron chi connectivity index (χ0n) is 19.7. The van der Waals surface area contributed by atoms with Gasteiger partial charge in [0.15, 0.2) is 5.82 Å². The summed E-state index contributed by atoms with van der Waals surface area (Å²) in [5.41, 5.74) is 2.84. The molecule has 0 bridgehead atoms. The lowest BCUT2D eigenvalue weighted by Crippen LogP contribution is -2.14. The Morgan fingerprint density at radius 2 is 1.85 bits per heavy atom. The SMILES string of the molecule is CC(C)COCc1ccc(Cl)c(-c2nc(-c3ccc(C#CC4CCCCC4)cc3)nc(=O)[nH]2)c1. The quantitative estimate of drug-likeness (QED) is 0.427. The number of hydrogen-bond acceptors (Lipinski definition) is 4. The van der Waals surface area contributed by atoms with Crippen molar-refractivity contribution < 1.29 is 4.74 Å². The maximum atomic E-state index is 12.3. The molecule has 1 heterocycles. The molecule has 1 fully saturated rings. The Kier molecular flexibility index (Phi) is 8.16. The van der Waals surface area contributed by atoms with Crippen molar-refractivity contribution in [2.45, 2.75) is 52.6 Å². The smallest absolute Gasteiger partial charge is 0.348 e. The predicted molar refractivity (Wildman–Crippen MR) is 136 cm³/mol. The van der Waals surface area contributed by atoms with Gasteiger partial charge >= 0.3 is 5.69 Å². The van der Waals surface area contributed by atoms with Crippen molar-refractivity contribution in [1.82, 2.24) is 15.0 Å². The van der Waals surface area contributed by atoms with Gasteiger partial charge in [0.2, 0.25) is 0 Å². The van der Waals surface area contributed by atoms with Crippen LogP contribution in [0.3, 0.4) is 0 Å². The molecular weight excluding hydrogens is 446 g/mol. The first-order valence-corrected chi connectivity index (χ1v) is 12.3. The van der Waals surface area contributed by atoms with E-state index in [1.807, 2.05) is 36.4 Å². The monoisotopic (exact) mass is 475 g/mol. The standard InChI is InChI=1S/C28H30ClN3O2/c1-19(2)17-34-18-22-12-15-25(29)24(16-22)27-30-26(31-28(33)32-27)23-13-10-21(11-14-23)9-8-20-6-4-3-5-7-20/h10-16,19-20H,3-7,17-18H2,1-2H3,(H,30,31,32,33). The first kappa shape index (κ1) is 24.2. The molecule has 1 N–H and O–H groups in total. The molecule has 0 amide bonds. The van der Waals surface area contributed by atoms with Crippen LogP contribution in [-0.2, 0) is 11.3 Å². The molecule has 0 unspecified atom stereocenters. The van der Waals surface area contributed by atoms with Crippen molar-refractivity contribution in [1.29, 1.82) is 0 Å². The second kappa shape index (κ2) is 11.5. The van der Waals surface area contributed by atoms with Crippen LogP contribution in [0.25, 0.3) is 22.8 Å². The normalized spacial score (nSPS) is 14.1. The predicted octanol–water partition coefficient (Wildman–Crippen LogP) is 6.26. The average Bonchev–Trinajstić information content (AvgIpc) is 2.84. The van der Waals surface area contributed by atoms with Crippen LogP contribution in [0.5, 0.6) is 0 Å². The van der Waals surface area contributed by atoms with E-state index in [0.29, 0.717) is 47.3 Å². The maximum absolute atomic E-state index is 12.3. The lowest BCUT2D eigenvalue weighted by Gasteiger charge is -2.15. The fraction of sp³-hybridized carbons (Fsp3) is 0.393. The molecule has 1 aromatic heterocycles. The Morgan fingerprint density at radius 1 is 1.09 bits per heavy atom. The Bertz CT molecular complexity index is 1230. The molecule has 6 heteroatoms. The van der Waals surface area contributed by atoms with Crippen LogP contribution in [0.2, 0.25) is 5.02 Å². The van der Waals surface area contributed by atoms with Gasteiger partial charge in [-0.2, -0.15) is 4.98 Å². The largest absolute Gasteiger partial charge is 0.377 e. The summed E-state index contributed by atoms with van der Waals surface area (Å²) in [5, 5.41) is 0.501. The summed E-state index contributed by atoms with van der Waals surface area (Å²) in [5.74, 6) is 8.39. The van der Waals surface area contributed by atoms with Crippen molar-refractivity contribution >= 4 is 11.6 Å². The molecule has 3 aromatic rings. The van der Waals surface area contributed by atoms with Crippen LogP contribution in [0.4, 0.5) is 0 Å². The van der Waals surface area contributed by atoms with Crippen LogP contribution in [0.15, 0.2) is 47.3 Å². The molecule has 4 rings (SSSR count). The van der Waals surface area contributed by atoms with Crippen LogP contribution >= 0.6 is 11.6 Å². The van der Waals surface area contributed by atoms with E-state index >= 15 is 0 Å². The van der Waals surface area contributed by atoms with E-state index in [-0.39, 0.29) is 0 Å². The minimum Gasteiger partial charge on any atom is -0.377 e. The third-order valence-electron chi connectivity index (χ3n) is 5.83. The van der Waals surface area contributed by atoms with Crippen molar-refractivity contribution in [3.05, 3.63) is 69.1 Å². The Labute approximate surface area is 206 Å². The second-order valence-corrected chi connectivity index (χ2v) is 9.64. The van der Waals surface area contributed by atoms with Gasteiger partial charge in [0.1, 0.15) is 5.82 Å². The van der Waals surface area contributed by atoms with Crippen LogP contribution in [0, 0.1) is 23.7 Å². The van der Waals surface area contributed by atoms with E-state index in [1.54, 1.807) is 6.07 Å². The van der Waals surface area contributed by atoms with E-state index in [4.69, 9.17) is 16.3 Å². The van der Waals surface area contributed by atoms with Crippen LogP contribution < -0.4 is 5.69 Å². The van der Waals surface area contributed by atoms with Gasteiger partial charge in [-0.15, -0.1) is 0 Å². The molecule has 0 atom stereocenters. The minimum absolute atomic E-state index is 0.350. The fourth-order valence-corrected chi connectivity index (χ4v) is 4.24. The summed E-state index contributed by atoms with van der Waals surface area (Å²) in [6, 6.07) is 13.3. The van der Waals surface area contributed by atoms with Gasteiger partial charge in [-0.3, -0.25) is 4.98 Å². The number of aromatic nitrogens is 3. The Hall–Kier alpha value is -2.94. The highest BCUT2D eigenvalue weighted by molar-refractivity contribution is 6.33. The van der Waals surface area contributed by atoms with E-state index in [1.165, 1.54) is 32.1 Å². The second-order valence-electron chi connectivity index (χ2n) is 9.23. The van der Waals surface area contributed by atoms with Gasteiger partial charge in [0.05, 0.1) is 11.6 Å². The summed E-state index contributed by atoms with van der Waals surface area (Å²) in [6.45, 7) is 5.36. The molecule has 1 saturated carbocycles. The highest BCUT2D eigenvalue weighted by atomic mass is 35.5. The molecule has 176 valence electrons. The van der Waals surface area contributed by atoms with E-state index in [0.717, 1.165) is 16.7 Å². The van der Waals surface area contributed by atoms with Gasteiger partial charge in [0.25, 0.3) is 0 Å². The van der Waals surface area contributed by atoms with E-state index < -0.39 is 5.69 Å². The molecule has 0 spiro atoms. The molecule has 34 heavy (non-hydrogen) atoms. The Morgan fingerprint density at radius 3 is 2.59 bits per heavy atom. The lowest BCUT2D eigenvalue weighted by atomic mass is 9.89. The number of ether oxygens (including phenoxy) is 1. The van der Waals surface area contributed by atoms with Crippen molar-refractivity contribution in [3.8, 4) is 34.6 Å². The summed E-state index contributed by atoms with van der Waals surface area (Å²) in [4.78, 5) is 23.7. The lowest BCUT2D eigenvalue weighted by molar-refractivity contribution is 0.0971. The molecule has 1 aliphatic rings. The Balaban J connectivity index is 1.55. The number of hydrogen-bond donors (Lipinski definition) is 1. The van der Waals surface area contributed by atoms with E-state index in [2.05, 4.69) is 40.6 Å². The first-order chi connectivity index (χ1) is 16.5. The van der Waals surface area contributed by atoms with Crippen LogP contribution in [-0.4, -0.2) is 21.6 Å². The third-order valence-corrected chi connectivity index (χ3v) is 6.15.